The van der Waals surface area contributed by atoms with Gasteiger partial charge in [-0.25, -0.2) is 4.68 Å². The Hall–Kier alpha value is -0.940. The number of aromatic nitrogens is 3. The molecular weight excluding hydrogens is 194 g/mol. The lowest BCUT2D eigenvalue weighted by Gasteiger charge is -2.21. The van der Waals surface area contributed by atoms with Gasteiger partial charge in [0.2, 0.25) is 0 Å². The van der Waals surface area contributed by atoms with Gasteiger partial charge in [0.1, 0.15) is 0 Å². The van der Waals surface area contributed by atoms with Crippen molar-refractivity contribution < 1.29 is 9.84 Å². The molecular formula is C10H17N3O2. The summed E-state index contributed by atoms with van der Waals surface area (Å²) in [6.45, 7) is 1.84. The molecule has 84 valence electrons. The van der Waals surface area contributed by atoms with E-state index in [9.17, 15) is 0 Å². The number of aliphatic hydroxyl groups is 1. The Labute approximate surface area is 89.0 Å². The topological polar surface area (TPSA) is 60.2 Å². The van der Waals surface area contributed by atoms with Gasteiger partial charge in [0.05, 0.1) is 11.7 Å². The highest BCUT2D eigenvalue weighted by molar-refractivity contribution is 4.93. The van der Waals surface area contributed by atoms with Crippen molar-refractivity contribution in [2.45, 2.75) is 31.7 Å². The molecule has 0 unspecified atom stereocenters. The third-order valence-corrected chi connectivity index (χ3v) is 2.71. The minimum absolute atomic E-state index is 0.212. The summed E-state index contributed by atoms with van der Waals surface area (Å²) in [7, 11) is 0. The van der Waals surface area contributed by atoms with Crippen molar-refractivity contribution in [1.29, 1.82) is 0 Å². The van der Waals surface area contributed by atoms with E-state index in [1.165, 1.54) is 0 Å². The van der Waals surface area contributed by atoms with Crippen molar-refractivity contribution in [2.24, 2.45) is 0 Å². The van der Waals surface area contributed by atoms with E-state index in [4.69, 9.17) is 9.84 Å². The van der Waals surface area contributed by atoms with Gasteiger partial charge in [-0.05, 0) is 25.7 Å². The first kappa shape index (κ1) is 10.6. The molecule has 0 amide bonds. The van der Waals surface area contributed by atoms with E-state index in [2.05, 4.69) is 10.3 Å². The molecule has 0 atom stereocenters. The standard InChI is InChI=1S/C10H17N3O2/c14-5-1-2-9-8-13(12-11-9)10-3-6-15-7-4-10/h8,10,14H,1-7H2. The van der Waals surface area contributed by atoms with Gasteiger partial charge in [-0.2, -0.15) is 0 Å². The molecule has 1 aromatic rings. The highest BCUT2D eigenvalue weighted by atomic mass is 16.5. The van der Waals surface area contributed by atoms with Gasteiger partial charge in [-0.15, -0.1) is 5.10 Å². The van der Waals surface area contributed by atoms with E-state index < -0.39 is 0 Å². The molecule has 0 aromatic carbocycles. The molecule has 5 heteroatoms. The fourth-order valence-electron chi connectivity index (χ4n) is 1.82. The van der Waals surface area contributed by atoms with Crippen LogP contribution in [0.1, 0.15) is 31.0 Å². The predicted octanol–water partition coefficient (Wildman–Crippen LogP) is 0.554. The lowest BCUT2D eigenvalue weighted by Crippen LogP contribution is -2.19. The van der Waals surface area contributed by atoms with Crippen LogP contribution >= 0.6 is 0 Å². The molecule has 0 aliphatic carbocycles. The summed E-state index contributed by atoms with van der Waals surface area (Å²) in [5.41, 5.74) is 0.968. The van der Waals surface area contributed by atoms with E-state index in [0.29, 0.717) is 6.04 Å². The molecule has 1 N–H and O–H groups in total. The minimum Gasteiger partial charge on any atom is -0.396 e. The molecule has 15 heavy (non-hydrogen) atoms. The van der Waals surface area contributed by atoms with Crippen molar-refractivity contribution >= 4 is 0 Å². The summed E-state index contributed by atoms with van der Waals surface area (Å²) in [5, 5.41) is 16.9. The highest BCUT2D eigenvalue weighted by Gasteiger charge is 2.16. The van der Waals surface area contributed by atoms with Gasteiger partial charge in [0.25, 0.3) is 0 Å². The number of ether oxygens (including phenoxy) is 1. The van der Waals surface area contributed by atoms with Crippen LogP contribution in [-0.2, 0) is 11.2 Å². The summed E-state index contributed by atoms with van der Waals surface area (Å²) in [6.07, 6.45) is 5.59. The molecule has 2 rings (SSSR count). The summed E-state index contributed by atoms with van der Waals surface area (Å²) >= 11 is 0. The smallest absolute Gasteiger partial charge is 0.0828 e. The Bertz CT molecular complexity index is 295. The third kappa shape index (κ3) is 2.76. The van der Waals surface area contributed by atoms with Gasteiger partial charge in [-0.3, -0.25) is 0 Å². The van der Waals surface area contributed by atoms with Gasteiger partial charge < -0.3 is 9.84 Å². The second kappa shape index (κ2) is 5.23. The highest BCUT2D eigenvalue weighted by Crippen LogP contribution is 2.19. The molecule has 1 aromatic heterocycles. The first-order valence-electron chi connectivity index (χ1n) is 5.49. The van der Waals surface area contributed by atoms with Crippen molar-refractivity contribution in [2.75, 3.05) is 19.8 Å². The Morgan fingerprint density at radius 2 is 2.27 bits per heavy atom. The molecule has 0 radical (unpaired) electrons. The van der Waals surface area contributed by atoms with Gasteiger partial charge in [0, 0.05) is 26.0 Å². The Morgan fingerprint density at radius 3 is 3.00 bits per heavy atom. The Morgan fingerprint density at radius 1 is 1.47 bits per heavy atom. The van der Waals surface area contributed by atoms with Crippen LogP contribution in [0.2, 0.25) is 0 Å². The van der Waals surface area contributed by atoms with Crippen LogP contribution < -0.4 is 0 Å². The van der Waals surface area contributed by atoms with Crippen molar-refractivity contribution in [1.82, 2.24) is 15.0 Å². The van der Waals surface area contributed by atoms with Crippen LogP contribution in [0.5, 0.6) is 0 Å². The number of nitrogens with zero attached hydrogens (tertiary/aromatic N) is 3. The van der Waals surface area contributed by atoms with E-state index in [0.717, 1.165) is 44.6 Å². The zero-order valence-electron chi connectivity index (χ0n) is 8.80. The van der Waals surface area contributed by atoms with Gasteiger partial charge in [0.15, 0.2) is 0 Å². The van der Waals surface area contributed by atoms with Crippen LogP contribution in [0.3, 0.4) is 0 Å². The summed E-state index contributed by atoms with van der Waals surface area (Å²) in [4.78, 5) is 0. The molecule has 0 saturated carbocycles. The quantitative estimate of drug-likeness (QED) is 0.790. The first-order chi connectivity index (χ1) is 7.40. The monoisotopic (exact) mass is 211 g/mol. The summed E-state index contributed by atoms with van der Waals surface area (Å²) < 4.78 is 7.24. The second-order valence-corrected chi connectivity index (χ2v) is 3.86. The summed E-state index contributed by atoms with van der Waals surface area (Å²) in [6, 6.07) is 0.439. The lowest BCUT2D eigenvalue weighted by molar-refractivity contribution is 0.0657. The minimum atomic E-state index is 0.212. The van der Waals surface area contributed by atoms with Gasteiger partial charge >= 0.3 is 0 Å². The molecule has 1 aliphatic heterocycles. The Kier molecular flexibility index (Phi) is 3.69. The van der Waals surface area contributed by atoms with E-state index in [-0.39, 0.29) is 6.61 Å². The van der Waals surface area contributed by atoms with Crippen LogP contribution in [0.15, 0.2) is 6.20 Å². The largest absolute Gasteiger partial charge is 0.396 e. The number of aryl methyl sites for hydroxylation is 1. The second-order valence-electron chi connectivity index (χ2n) is 3.86. The lowest BCUT2D eigenvalue weighted by atomic mass is 10.1. The SMILES string of the molecule is OCCCc1cn(C2CCOCC2)nn1. The van der Waals surface area contributed by atoms with E-state index >= 15 is 0 Å². The predicted molar refractivity (Wildman–Crippen MR) is 54.5 cm³/mol. The maximum Gasteiger partial charge on any atom is 0.0828 e. The van der Waals surface area contributed by atoms with Crippen LogP contribution in [0.4, 0.5) is 0 Å². The fraction of sp³-hybridized carbons (Fsp3) is 0.800. The molecule has 5 nitrogen and oxygen atoms in total. The number of hydrogen-bond acceptors (Lipinski definition) is 4. The maximum absolute atomic E-state index is 8.71. The number of rotatable bonds is 4. The average Bonchev–Trinajstić information content (AvgIpc) is 2.76. The number of aliphatic hydroxyl groups excluding tert-OH is 1. The van der Waals surface area contributed by atoms with Crippen LogP contribution in [-0.4, -0.2) is 39.9 Å². The molecule has 1 saturated heterocycles. The van der Waals surface area contributed by atoms with Crippen molar-refractivity contribution in [3.05, 3.63) is 11.9 Å². The van der Waals surface area contributed by atoms with Crippen molar-refractivity contribution in [3.63, 3.8) is 0 Å². The van der Waals surface area contributed by atoms with Crippen LogP contribution in [0.25, 0.3) is 0 Å². The average molecular weight is 211 g/mol. The Balaban J connectivity index is 1.93. The normalized spacial score (nSPS) is 18.2. The zero-order chi connectivity index (χ0) is 10.5. The summed E-state index contributed by atoms with van der Waals surface area (Å²) in [5.74, 6) is 0. The van der Waals surface area contributed by atoms with Crippen LogP contribution in [0, 0.1) is 0 Å². The molecule has 2 heterocycles. The molecule has 1 aliphatic rings. The zero-order valence-corrected chi connectivity index (χ0v) is 8.80. The number of hydrogen-bond donors (Lipinski definition) is 1. The first-order valence-corrected chi connectivity index (χ1v) is 5.49. The van der Waals surface area contributed by atoms with E-state index in [1.807, 2.05) is 10.9 Å². The van der Waals surface area contributed by atoms with E-state index in [1.54, 1.807) is 0 Å². The third-order valence-electron chi connectivity index (χ3n) is 2.71. The molecule has 1 fully saturated rings. The van der Waals surface area contributed by atoms with Crippen molar-refractivity contribution in [3.8, 4) is 0 Å². The van der Waals surface area contributed by atoms with Gasteiger partial charge in [-0.1, -0.05) is 5.21 Å². The molecule has 0 bridgehead atoms. The fourth-order valence-corrected chi connectivity index (χ4v) is 1.82. The maximum atomic E-state index is 8.71. The molecule has 0 spiro atoms.